The summed E-state index contributed by atoms with van der Waals surface area (Å²) >= 11 is 6.24. The topological polar surface area (TPSA) is 107 Å². The minimum absolute atomic E-state index is 0.128. The molecular formula is C18H17ClN2O3. The molecule has 1 aliphatic carbocycles. The van der Waals surface area contributed by atoms with Gasteiger partial charge in [-0.15, -0.1) is 0 Å². The molecule has 5 N–H and O–H groups in total. The molecule has 6 heteroatoms. The van der Waals surface area contributed by atoms with Crippen LogP contribution in [0.3, 0.4) is 0 Å². The second-order valence-corrected chi connectivity index (χ2v) is 6.47. The van der Waals surface area contributed by atoms with Gasteiger partial charge in [-0.1, -0.05) is 35.9 Å². The van der Waals surface area contributed by atoms with Crippen LogP contribution in [0.2, 0.25) is 5.02 Å². The van der Waals surface area contributed by atoms with Gasteiger partial charge < -0.3 is 15.9 Å². The van der Waals surface area contributed by atoms with Crippen molar-refractivity contribution in [1.29, 1.82) is 5.41 Å². The van der Waals surface area contributed by atoms with Crippen LogP contribution in [0.4, 0.5) is 5.69 Å². The van der Waals surface area contributed by atoms with Gasteiger partial charge in [-0.3, -0.25) is 5.41 Å². The molecular weight excluding hydrogens is 328 g/mol. The summed E-state index contributed by atoms with van der Waals surface area (Å²) in [5.41, 5.74) is 6.99. The van der Waals surface area contributed by atoms with E-state index >= 15 is 0 Å². The van der Waals surface area contributed by atoms with Crippen molar-refractivity contribution in [1.82, 2.24) is 0 Å². The number of halogens is 1. The Labute approximate surface area is 144 Å². The third-order valence-corrected chi connectivity index (χ3v) is 4.85. The maximum Gasteiger partial charge on any atom is 0.354 e. The number of rotatable bonds is 4. The number of aliphatic carboxylic acids is 1. The molecule has 1 aliphatic rings. The first kappa shape index (κ1) is 16.5. The minimum atomic E-state index is -1.35. The zero-order chi connectivity index (χ0) is 17.5. The maximum atomic E-state index is 11.0. The summed E-state index contributed by atoms with van der Waals surface area (Å²) in [6.45, 7) is 0. The van der Waals surface area contributed by atoms with Gasteiger partial charge in [0.1, 0.15) is 5.71 Å². The lowest BCUT2D eigenvalue weighted by molar-refractivity contribution is -0.129. The van der Waals surface area contributed by atoms with E-state index < -0.39 is 17.3 Å². The quantitative estimate of drug-likeness (QED) is 0.503. The second kappa shape index (κ2) is 5.92. The van der Waals surface area contributed by atoms with Gasteiger partial charge in [0.15, 0.2) is 0 Å². The fourth-order valence-corrected chi connectivity index (χ4v) is 3.18. The number of nitrogen functional groups attached to an aromatic ring is 1. The minimum Gasteiger partial charge on any atom is -0.477 e. The summed E-state index contributed by atoms with van der Waals surface area (Å²) in [7, 11) is 0. The number of carbonyl (C=O) groups is 1. The van der Waals surface area contributed by atoms with Crippen LogP contribution in [0.1, 0.15) is 30.4 Å². The van der Waals surface area contributed by atoms with Gasteiger partial charge in [0.25, 0.3) is 0 Å². The largest absolute Gasteiger partial charge is 0.477 e. The molecule has 0 heterocycles. The molecule has 0 atom stereocenters. The first-order valence-electron chi connectivity index (χ1n) is 7.56. The molecule has 0 unspecified atom stereocenters. The molecule has 2 aromatic carbocycles. The highest BCUT2D eigenvalue weighted by Crippen LogP contribution is 2.42. The molecule has 0 radical (unpaired) electrons. The van der Waals surface area contributed by atoms with Crippen LogP contribution >= 0.6 is 11.6 Å². The second-order valence-electron chi connectivity index (χ2n) is 6.06. The number of hydrogen-bond donors (Lipinski definition) is 4. The Hall–Kier alpha value is -2.37. The zero-order valence-corrected chi connectivity index (χ0v) is 13.6. The van der Waals surface area contributed by atoms with Crippen molar-refractivity contribution in [2.75, 3.05) is 5.73 Å². The monoisotopic (exact) mass is 344 g/mol. The van der Waals surface area contributed by atoms with E-state index in [0.717, 1.165) is 30.4 Å². The Bertz CT molecular complexity index is 827. The molecule has 0 amide bonds. The molecule has 0 bridgehead atoms. The molecule has 0 aromatic heterocycles. The lowest BCUT2D eigenvalue weighted by Crippen LogP contribution is -2.33. The number of benzene rings is 2. The van der Waals surface area contributed by atoms with Gasteiger partial charge in [0.2, 0.25) is 0 Å². The summed E-state index contributed by atoms with van der Waals surface area (Å²) in [6, 6.07) is 10.3. The average Bonchev–Trinajstić information content (AvgIpc) is 2.52. The van der Waals surface area contributed by atoms with Crippen molar-refractivity contribution in [3.05, 3.63) is 52.5 Å². The van der Waals surface area contributed by atoms with Crippen LogP contribution in [0.25, 0.3) is 11.1 Å². The molecule has 1 fully saturated rings. The molecule has 3 rings (SSSR count). The van der Waals surface area contributed by atoms with E-state index in [1.807, 2.05) is 24.3 Å². The van der Waals surface area contributed by atoms with E-state index in [2.05, 4.69) is 0 Å². The van der Waals surface area contributed by atoms with Gasteiger partial charge in [-0.05, 0) is 42.5 Å². The SMILES string of the molecule is N=C(C(=O)O)c1cc(-c2ccc(C3(O)CCC3)cc2)c(Cl)cc1N. The Morgan fingerprint density at radius 1 is 1.21 bits per heavy atom. The Balaban J connectivity index is 2.01. The van der Waals surface area contributed by atoms with E-state index in [-0.39, 0.29) is 11.3 Å². The van der Waals surface area contributed by atoms with Crippen molar-refractivity contribution < 1.29 is 15.0 Å². The van der Waals surface area contributed by atoms with Crippen molar-refractivity contribution in [2.45, 2.75) is 24.9 Å². The number of carboxylic acid groups (broad SMARTS) is 1. The van der Waals surface area contributed by atoms with Crippen LogP contribution in [0, 0.1) is 5.41 Å². The lowest BCUT2D eigenvalue weighted by atomic mass is 9.75. The molecule has 1 saturated carbocycles. The summed E-state index contributed by atoms with van der Waals surface area (Å²) in [5.74, 6) is -1.35. The van der Waals surface area contributed by atoms with Crippen molar-refractivity contribution in [3.8, 4) is 11.1 Å². The average molecular weight is 345 g/mol. The third-order valence-electron chi connectivity index (χ3n) is 4.54. The summed E-state index contributed by atoms with van der Waals surface area (Å²) in [4.78, 5) is 11.0. The first-order chi connectivity index (χ1) is 11.3. The third kappa shape index (κ3) is 2.77. The lowest BCUT2D eigenvalue weighted by Gasteiger charge is -2.37. The fourth-order valence-electron chi connectivity index (χ4n) is 2.90. The Morgan fingerprint density at radius 2 is 1.83 bits per heavy atom. The molecule has 0 saturated heterocycles. The highest BCUT2D eigenvalue weighted by atomic mass is 35.5. The molecule has 5 nitrogen and oxygen atoms in total. The Kier molecular flexibility index (Phi) is 4.07. The summed E-state index contributed by atoms with van der Waals surface area (Å²) in [5, 5.41) is 27.4. The Morgan fingerprint density at radius 3 is 2.33 bits per heavy atom. The summed E-state index contributed by atoms with van der Waals surface area (Å²) < 4.78 is 0. The number of aliphatic hydroxyl groups is 1. The number of nitrogens with two attached hydrogens (primary N) is 1. The smallest absolute Gasteiger partial charge is 0.354 e. The molecule has 124 valence electrons. The molecule has 2 aromatic rings. The number of carboxylic acids is 1. The van der Waals surface area contributed by atoms with E-state index in [0.29, 0.717) is 10.6 Å². The van der Waals surface area contributed by atoms with Crippen LogP contribution in [-0.2, 0) is 10.4 Å². The highest BCUT2D eigenvalue weighted by Gasteiger charge is 2.35. The predicted octanol–water partition coefficient (Wildman–Crippen LogP) is 3.41. The van der Waals surface area contributed by atoms with Gasteiger partial charge in [-0.25, -0.2) is 4.79 Å². The van der Waals surface area contributed by atoms with E-state index in [1.165, 1.54) is 12.1 Å². The first-order valence-corrected chi connectivity index (χ1v) is 7.94. The highest BCUT2D eigenvalue weighted by molar-refractivity contribution is 6.43. The van der Waals surface area contributed by atoms with Gasteiger partial charge in [-0.2, -0.15) is 0 Å². The zero-order valence-electron chi connectivity index (χ0n) is 12.8. The fraction of sp³-hybridized carbons (Fsp3) is 0.222. The number of hydrogen-bond acceptors (Lipinski definition) is 4. The van der Waals surface area contributed by atoms with Crippen LogP contribution in [0.5, 0.6) is 0 Å². The predicted molar refractivity (Wildman–Crippen MR) is 93.5 cm³/mol. The van der Waals surface area contributed by atoms with Crippen molar-refractivity contribution in [3.63, 3.8) is 0 Å². The van der Waals surface area contributed by atoms with Gasteiger partial charge in [0.05, 0.1) is 10.6 Å². The van der Waals surface area contributed by atoms with Crippen LogP contribution in [-0.4, -0.2) is 21.9 Å². The molecule has 24 heavy (non-hydrogen) atoms. The number of nitrogens with one attached hydrogen (secondary N) is 1. The van der Waals surface area contributed by atoms with Gasteiger partial charge in [0, 0.05) is 16.8 Å². The normalized spacial score (nSPS) is 15.6. The number of anilines is 1. The van der Waals surface area contributed by atoms with Gasteiger partial charge >= 0.3 is 5.97 Å². The van der Waals surface area contributed by atoms with E-state index in [4.69, 9.17) is 27.9 Å². The van der Waals surface area contributed by atoms with Crippen molar-refractivity contribution in [2.24, 2.45) is 0 Å². The summed E-state index contributed by atoms with van der Waals surface area (Å²) in [6.07, 6.45) is 2.53. The van der Waals surface area contributed by atoms with Crippen LogP contribution in [0.15, 0.2) is 36.4 Å². The van der Waals surface area contributed by atoms with Crippen LogP contribution < -0.4 is 5.73 Å². The van der Waals surface area contributed by atoms with Crippen molar-refractivity contribution >= 4 is 29.0 Å². The molecule has 0 aliphatic heterocycles. The maximum absolute atomic E-state index is 11.0. The molecule has 0 spiro atoms. The van der Waals surface area contributed by atoms with E-state index in [1.54, 1.807) is 0 Å². The standard InChI is InChI=1S/C18H17ClN2O3/c19-14-9-15(20)13(16(21)17(22)23)8-12(14)10-2-4-11(5-3-10)18(24)6-1-7-18/h2-5,8-9,21,24H,1,6-7,20H2,(H,22,23). The van der Waals surface area contributed by atoms with E-state index in [9.17, 15) is 9.90 Å².